The van der Waals surface area contributed by atoms with Crippen LogP contribution in [0.15, 0.2) is 12.3 Å². The lowest BCUT2D eigenvalue weighted by Gasteiger charge is -2.11. The summed E-state index contributed by atoms with van der Waals surface area (Å²) >= 11 is 0. The van der Waals surface area contributed by atoms with Crippen molar-refractivity contribution in [3.05, 3.63) is 23.8 Å². The zero-order valence-corrected chi connectivity index (χ0v) is 7.84. The molecule has 0 fully saturated rings. The maximum atomic E-state index is 12.6. The van der Waals surface area contributed by atoms with E-state index in [4.69, 9.17) is 0 Å². The van der Waals surface area contributed by atoms with Gasteiger partial charge >= 0.3 is 12.3 Å². The molecule has 0 aliphatic rings. The first-order valence-electron chi connectivity index (χ1n) is 3.83. The topological polar surface area (TPSA) is 48.4 Å². The Morgan fingerprint density at radius 3 is 2.56 bits per heavy atom. The number of nitrogens with zero attached hydrogens (tertiary/aromatic N) is 1. The maximum Gasteiger partial charge on any atom is 0.573 e. The van der Waals surface area contributed by atoms with E-state index in [1.54, 1.807) is 0 Å². The minimum Gasteiger partial charge on any atom is -0.465 e. The van der Waals surface area contributed by atoms with Crippen LogP contribution in [-0.2, 0) is 4.74 Å². The zero-order chi connectivity index (χ0) is 12.3. The van der Waals surface area contributed by atoms with Gasteiger partial charge in [-0.3, -0.25) is 0 Å². The molecule has 0 spiro atoms. The lowest BCUT2D eigenvalue weighted by atomic mass is 10.2. The smallest absolute Gasteiger partial charge is 0.465 e. The molecule has 0 N–H and O–H groups in total. The maximum absolute atomic E-state index is 12.6. The second-order valence-electron chi connectivity index (χ2n) is 2.54. The molecule has 0 saturated heterocycles. The Bertz CT molecular complexity index is 405. The van der Waals surface area contributed by atoms with Crippen LogP contribution in [0.3, 0.4) is 0 Å². The van der Waals surface area contributed by atoms with Crippen molar-refractivity contribution in [3.63, 3.8) is 0 Å². The molecule has 0 amide bonds. The number of hydrogen-bond donors (Lipinski definition) is 0. The third-order valence-electron chi connectivity index (χ3n) is 1.46. The molecule has 1 aromatic rings. The van der Waals surface area contributed by atoms with E-state index < -0.39 is 29.6 Å². The number of halogens is 4. The van der Waals surface area contributed by atoms with Gasteiger partial charge in [0.25, 0.3) is 0 Å². The van der Waals surface area contributed by atoms with Crippen LogP contribution in [-0.4, -0.2) is 24.4 Å². The van der Waals surface area contributed by atoms with Crippen LogP contribution in [0.5, 0.6) is 5.75 Å². The Morgan fingerprint density at radius 2 is 2.06 bits per heavy atom. The Kier molecular flexibility index (Phi) is 3.31. The second-order valence-corrected chi connectivity index (χ2v) is 2.54. The van der Waals surface area contributed by atoms with Crippen LogP contribution < -0.4 is 4.74 Å². The van der Waals surface area contributed by atoms with Crippen molar-refractivity contribution in [1.29, 1.82) is 0 Å². The van der Waals surface area contributed by atoms with E-state index in [9.17, 15) is 22.4 Å². The molecule has 0 aromatic carbocycles. The molecule has 0 bridgehead atoms. The van der Waals surface area contributed by atoms with E-state index in [0.717, 1.165) is 7.11 Å². The summed E-state index contributed by atoms with van der Waals surface area (Å²) in [4.78, 5) is 14.0. The fraction of sp³-hybridized carbons (Fsp3) is 0.250. The summed E-state index contributed by atoms with van der Waals surface area (Å²) in [5.41, 5.74) is -0.610. The number of rotatable bonds is 2. The van der Waals surface area contributed by atoms with Crippen molar-refractivity contribution < 1.29 is 31.8 Å². The van der Waals surface area contributed by atoms with Gasteiger partial charge in [0, 0.05) is 12.3 Å². The summed E-state index contributed by atoms with van der Waals surface area (Å²) in [5.74, 6) is -3.30. The second kappa shape index (κ2) is 4.33. The van der Waals surface area contributed by atoms with Crippen LogP contribution in [0.1, 0.15) is 10.4 Å². The van der Waals surface area contributed by atoms with Crippen molar-refractivity contribution in [2.24, 2.45) is 0 Å². The summed E-state index contributed by atoms with van der Waals surface area (Å²) < 4.78 is 55.9. The Morgan fingerprint density at radius 1 is 1.44 bits per heavy atom. The quantitative estimate of drug-likeness (QED) is 0.449. The largest absolute Gasteiger partial charge is 0.573 e. The number of esters is 1. The molecular formula is C8H5F4NO3. The lowest BCUT2D eigenvalue weighted by Crippen LogP contribution is -2.19. The van der Waals surface area contributed by atoms with E-state index in [1.165, 1.54) is 0 Å². The van der Waals surface area contributed by atoms with E-state index in [2.05, 4.69) is 14.5 Å². The number of pyridine rings is 1. The standard InChI is InChI=1S/C8H5F4NO3/c1-15-7(14)4-3-13-6(9)2-5(4)16-8(10,11)12/h2-3H,1H3. The molecule has 1 rings (SSSR count). The summed E-state index contributed by atoms with van der Waals surface area (Å²) in [6.07, 6.45) is -4.43. The van der Waals surface area contributed by atoms with Gasteiger partial charge in [-0.05, 0) is 0 Å². The summed E-state index contributed by atoms with van der Waals surface area (Å²) in [6.45, 7) is 0. The summed E-state index contributed by atoms with van der Waals surface area (Å²) in [6, 6.07) is 0.347. The van der Waals surface area contributed by atoms with Gasteiger partial charge in [-0.25, -0.2) is 9.78 Å². The van der Waals surface area contributed by atoms with Gasteiger partial charge in [0.05, 0.1) is 7.11 Å². The molecule has 88 valence electrons. The van der Waals surface area contributed by atoms with Crippen molar-refractivity contribution in [2.75, 3.05) is 7.11 Å². The van der Waals surface area contributed by atoms with Gasteiger partial charge in [-0.1, -0.05) is 0 Å². The Balaban J connectivity index is 3.13. The van der Waals surface area contributed by atoms with E-state index in [0.29, 0.717) is 12.3 Å². The number of carbonyl (C=O) groups excluding carboxylic acids is 1. The number of alkyl halides is 3. The van der Waals surface area contributed by atoms with Crippen molar-refractivity contribution in [3.8, 4) is 5.75 Å². The molecule has 0 unspecified atom stereocenters. The van der Waals surface area contributed by atoms with Gasteiger partial charge in [0.2, 0.25) is 5.95 Å². The summed E-state index contributed by atoms with van der Waals surface area (Å²) in [5, 5.41) is 0. The van der Waals surface area contributed by atoms with Gasteiger partial charge in [-0.2, -0.15) is 4.39 Å². The molecule has 0 saturated carbocycles. The van der Waals surface area contributed by atoms with Crippen LogP contribution in [0.25, 0.3) is 0 Å². The highest BCUT2D eigenvalue weighted by Crippen LogP contribution is 2.26. The minimum absolute atomic E-state index is 0.347. The van der Waals surface area contributed by atoms with E-state index in [1.807, 2.05) is 0 Å². The molecule has 4 nitrogen and oxygen atoms in total. The van der Waals surface area contributed by atoms with Crippen LogP contribution in [0.4, 0.5) is 17.6 Å². The van der Waals surface area contributed by atoms with Gasteiger partial charge in [0.15, 0.2) is 0 Å². The van der Waals surface area contributed by atoms with Crippen LogP contribution in [0, 0.1) is 5.95 Å². The fourth-order valence-electron chi connectivity index (χ4n) is 0.885. The third kappa shape index (κ3) is 3.07. The first-order chi connectivity index (χ1) is 7.33. The number of ether oxygens (including phenoxy) is 2. The highest BCUT2D eigenvalue weighted by Gasteiger charge is 2.33. The van der Waals surface area contributed by atoms with Gasteiger partial charge < -0.3 is 9.47 Å². The molecule has 0 aliphatic carbocycles. The van der Waals surface area contributed by atoms with Gasteiger partial charge in [-0.15, -0.1) is 13.2 Å². The van der Waals surface area contributed by atoms with Gasteiger partial charge in [0.1, 0.15) is 11.3 Å². The predicted octanol–water partition coefficient (Wildman–Crippen LogP) is 1.91. The first-order valence-corrected chi connectivity index (χ1v) is 3.83. The Hall–Kier alpha value is -1.86. The summed E-state index contributed by atoms with van der Waals surface area (Å²) in [7, 11) is 0.961. The number of hydrogen-bond acceptors (Lipinski definition) is 4. The molecule has 0 radical (unpaired) electrons. The molecule has 8 heteroatoms. The highest BCUT2D eigenvalue weighted by molar-refractivity contribution is 5.91. The number of methoxy groups -OCH3 is 1. The van der Waals surface area contributed by atoms with E-state index in [-0.39, 0.29) is 0 Å². The fourth-order valence-corrected chi connectivity index (χ4v) is 0.885. The molecule has 0 atom stereocenters. The first kappa shape index (κ1) is 12.2. The van der Waals surface area contributed by atoms with Crippen LogP contribution >= 0.6 is 0 Å². The minimum atomic E-state index is -5.03. The zero-order valence-electron chi connectivity index (χ0n) is 7.84. The molecule has 0 aliphatic heterocycles. The predicted molar refractivity (Wildman–Crippen MR) is 42.2 cm³/mol. The SMILES string of the molecule is COC(=O)c1cnc(F)cc1OC(F)(F)F. The molecule has 16 heavy (non-hydrogen) atoms. The van der Waals surface area contributed by atoms with Crippen molar-refractivity contribution in [1.82, 2.24) is 4.98 Å². The van der Waals surface area contributed by atoms with Crippen molar-refractivity contribution >= 4 is 5.97 Å². The lowest BCUT2D eigenvalue weighted by molar-refractivity contribution is -0.274. The average Bonchev–Trinajstić information content (AvgIpc) is 2.14. The van der Waals surface area contributed by atoms with Crippen LogP contribution in [0.2, 0.25) is 0 Å². The average molecular weight is 239 g/mol. The monoisotopic (exact) mass is 239 g/mol. The number of aromatic nitrogens is 1. The Labute approximate surface area is 86.8 Å². The van der Waals surface area contributed by atoms with Crippen molar-refractivity contribution in [2.45, 2.75) is 6.36 Å². The normalized spacial score (nSPS) is 11.1. The molecule has 1 aromatic heterocycles. The third-order valence-corrected chi connectivity index (χ3v) is 1.46. The molecular weight excluding hydrogens is 234 g/mol. The highest BCUT2D eigenvalue weighted by atomic mass is 19.4. The molecule has 1 heterocycles. The number of carbonyl (C=O) groups is 1. The van der Waals surface area contributed by atoms with E-state index >= 15 is 0 Å².